The van der Waals surface area contributed by atoms with Crippen LogP contribution in [-0.4, -0.2) is 33.4 Å². The number of carbonyl (C=O) groups is 1. The topological polar surface area (TPSA) is 58.1 Å². The summed E-state index contributed by atoms with van der Waals surface area (Å²) < 4.78 is 0. The number of rotatable bonds is 8. The van der Waals surface area contributed by atoms with Crippen molar-refractivity contribution >= 4 is 11.7 Å². The number of aromatic nitrogens is 2. The highest BCUT2D eigenvalue weighted by Gasteiger charge is 2.21. The summed E-state index contributed by atoms with van der Waals surface area (Å²) in [7, 11) is 0. The van der Waals surface area contributed by atoms with Gasteiger partial charge in [-0.3, -0.25) is 4.79 Å². The van der Waals surface area contributed by atoms with Gasteiger partial charge in [0.2, 0.25) is 0 Å². The number of benzene rings is 1. The number of nitrogens with one attached hydrogen (secondary N) is 1. The lowest BCUT2D eigenvalue weighted by Gasteiger charge is -2.27. The second kappa shape index (κ2) is 10.2. The summed E-state index contributed by atoms with van der Waals surface area (Å²) in [6.45, 7) is 7.30. The van der Waals surface area contributed by atoms with Crippen molar-refractivity contribution in [3.8, 4) is 0 Å². The molecule has 5 nitrogen and oxygen atoms in total. The number of hydrogen-bond acceptors (Lipinski definition) is 4. The Hall–Kier alpha value is -2.69. The third kappa shape index (κ3) is 6.14. The summed E-state index contributed by atoms with van der Waals surface area (Å²) in [6.07, 6.45) is 8.41. The van der Waals surface area contributed by atoms with Gasteiger partial charge in [0, 0.05) is 25.2 Å². The monoisotopic (exact) mass is 392 g/mol. The smallest absolute Gasteiger partial charge is 0.273 e. The number of hydrogen-bond donors (Lipinski definition) is 1. The fraction of sp³-hybridized carbons (Fsp3) is 0.458. The molecule has 0 unspecified atom stereocenters. The van der Waals surface area contributed by atoms with E-state index in [1.54, 1.807) is 6.07 Å². The molecule has 0 bridgehead atoms. The Bertz CT molecular complexity index is 845. The second-order valence-corrected chi connectivity index (χ2v) is 7.98. The zero-order valence-corrected chi connectivity index (χ0v) is 17.8. The summed E-state index contributed by atoms with van der Waals surface area (Å²) >= 11 is 0. The highest BCUT2D eigenvalue weighted by molar-refractivity contribution is 5.93. The molecule has 1 heterocycles. The molecule has 1 aromatic carbocycles. The van der Waals surface area contributed by atoms with Gasteiger partial charge in [-0.2, -0.15) is 0 Å². The quantitative estimate of drug-likeness (QED) is 0.632. The lowest BCUT2D eigenvalue weighted by atomic mass is 9.97. The van der Waals surface area contributed by atoms with Crippen molar-refractivity contribution < 1.29 is 4.79 Å². The summed E-state index contributed by atoms with van der Waals surface area (Å²) in [5, 5.41) is 3.38. The molecule has 3 rings (SSSR count). The van der Waals surface area contributed by atoms with E-state index in [0.717, 1.165) is 24.3 Å². The average molecular weight is 393 g/mol. The minimum absolute atomic E-state index is 0.0626. The van der Waals surface area contributed by atoms with Crippen molar-refractivity contribution in [1.82, 2.24) is 14.9 Å². The van der Waals surface area contributed by atoms with Crippen LogP contribution in [0.3, 0.4) is 0 Å². The van der Waals surface area contributed by atoms with Crippen LogP contribution >= 0.6 is 0 Å². The first kappa shape index (κ1) is 21.0. The fourth-order valence-corrected chi connectivity index (χ4v) is 3.67. The standard InChI is InChI=1S/C24H32N4O/c1-18(2)28(17-21-12-8-5-9-13-21)24(29)22-16-23(27-19(3)26-22)25-15-14-20-10-6-4-7-11-20/h5,8-10,12-13,16,18H,4,6-7,11,14-15,17H2,1-3H3,(H,25,26,27). The predicted molar refractivity (Wildman–Crippen MR) is 118 cm³/mol. The van der Waals surface area contributed by atoms with Crippen LogP contribution in [-0.2, 0) is 6.54 Å². The summed E-state index contributed by atoms with van der Waals surface area (Å²) in [5.41, 5.74) is 3.08. The molecule has 5 heteroatoms. The molecule has 2 aromatic rings. The van der Waals surface area contributed by atoms with Gasteiger partial charge in [0.05, 0.1) is 0 Å². The number of anilines is 1. The SMILES string of the molecule is Cc1nc(NCCC2=CCCCC2)cc(C(=O)N(Cc2ccccc2)C(C)C)n1. The van der Waals surface area contributed by atoms with Gasteiger partial charge < -0.3 is 10.2 Å². The van der Waals surface area contributed by atoms with Crippen molar-refractivity contribution in [3.63, 3.8) is 0 Å². The van der Waals surface area contributed by atoms with Crippen LogP contribution in [0, 0.1) is 6.92 Å². The maximum Gasteiger partial charge on any atom is 0.273 e. The summed E-state index contributed by atoms with van der Waals surface area (Å²) in [4.78, 5) is 24.0. The van der Waals surface area contributed by atoms with Crippen molar-refractivity contribution in [2.24, 2.45) is 0 Å². The minimum atomic E-state index is -0.0626. The number of amides is 1. The van der Waals surface area contributed by atoms with Crippen LogP contribution in [0.4, 0.5) is 5.82 Å². The van der Waals surface area contributed by atoms with E-state index in [1.807, 2.05) is 56.0 Å². The first-order valence-corrected chi connectivity index (χ1v) is 10.7. The van der Waals surface area contributed by atoms with Gasteiger partial charge in [-0.25, -0.2) is 9.97 Å². The van der Waals surface area contributed by atoms with E-state index in [9.17, 15) is 4.79 Å². The molecule has 154 valence electrons. The van der Waals surface area contributed by atoms with Crippen LogP contribution in [0.15, 0.2) is 48.0 Å². The predicted octanol–water partition coefficient (Wildman–Crippen LogP) is 5.14. The van der Waals surface area contributed by atoms with E-state index >= 15 is 0 Å². The number of aryl methyl sites for hydroxylation is 1. The largest absolute Gasteiger partial charge is 0.370 e. The Kier molecular flexibility index (Phi) is 7.39. The molecule has 1 N–H and O–H groups in total. The van der Waals surface area contributed by atoms with Gasteiger partial charge >= 0.3 is 0 Å². The molecule has 1 amide bonds. The van der Waals surface area contributed by atoms with Crippen LogP contribution in [0.2, 0.25) is 0 Å². The summed E-state index contributed by atoms with van der Waals surface area (Å²) in [6, 6.07) is 11.9. The first-order chi connectivity index (χ1) is 14.0. The molecular formula is C24H32N4O. The van der Waals surface area contributed by atoms with Gasteiger partial charge in [0.25, 0.3) is 5.91 Å². The molecule has 0 radical (unpaired) electrons. The zero-order valence-electron chi connectivity index (χ0n) is 17.8. The first-order valence-electron chi connectivity index (χ1n) is 10.7. The normalized spacial score (nSPS) is 13.9. The van der Waals surface area contributed by atoms with Crippen molar-refractivity contribution in [3.05, 3.63) is 65.1 Å². The third-order valence-electron chi connectivity index (χ3n) is 5.27. The maximum atomic E-state index is 13.2. The highest BCUT2D eigenvalue weighted by atomic mass is 16.2. The molecule has 0 saturated heterocycles. The fourth-order valence-electron chi connectivity index (χ4n) is 3.67. The Morgan fingerprint density at radius 3 is 2.66 bits per heavy atom. The number of carbonyl (C=O) groups excluding carboxylic acids is 1. The lowest BCUT2D eigenvalue weighted by Crippen LogP contribution is -2.37. The average Bonchev–Trinajstić information content (AvgIpc) is 2.72. The Labute approximate surface area is 174 Å². The second-order valence-electron chi connectivity index (χ2n) is 7.98. The van der Waals surface area contributed by atoms with Gasteiger partial charge in [-0.1, -0.05) is 42.0 Å². The number of allylic oxidation sites excluding steroid dienone is 1. The molecule has 1 aliphatic carbocycles. The molecule has 29 heavy (non-hydrogen) atoms. The Balaban J connectivity index is 1.69. The van der Waals surface area contributed by atoms with E-state index in [2.05, 4.69) is 21.4 Å². The highest BCUT2D eigenvalue weighted by Crippen LogP contribution is 2.20. The molecule has 1 aliphatic rings. The van der Waals surface area contributed by atoms with Gasteiger partial charge in [-0.05, 0) is 58.4 Å². The van der Waals surface area contributed by atoms with Crippen molar-refractivity contribution in [2.45, 2.75) is 65.5 Å². The summed E-state index contributed by atoms with van der Waals surface area (Å²) in [5.74, 6) is 1.27. The van der Waals surface area contributed by atoms with E-state index < -0.39 is 0 Å². The molecular weight excluding hydrogens is 360 g/mol. The van der Waals surface area contributed by atoms with Crippen LogP contribution in [0.1, 0.15) is 67.8 Å². The van der Waals surface area contributed by atoms with Gasteiger partial charge in [0.1, 0.15) is 17.3 Å². The molecule has 0 fully saturated rings. The van der Waals surface area contributed by atoms with E-state index in [1.165, 1.54) is 31.3 Å². The van der Waals surface area contributed by atoms with Crippen LogP contribution in [0.5, 0.6) is 0 Å². The van der Waals surface area contributed by atoms with Gasteiger partial charge in [0.15, 0.2) is 0 Å². The van der Waals surface area contributed by atoms with Crippen LogP contribution in [0.25, 0.3) is 0 Å². The molecule has 0 aliphatic heterocycles. The van der Waals surface area contributed by atoms with Crippen LogP contribution < -0.4 is 5.32 Å². The molecule has 1 aromatic heterocycles. The Morgan fingerprint density at radius 1 is 1.17 bits per heavy atom. The lowest BCUT2D eigenvalue weighted by molar-refractivity contribution is 0.0684. The van der Waals surface area contributed by atoms with Crippen molar-refractivity contribution in [1.29, 1.82) is 0 Å². The molecule has 0 spiro atoms. The van der Waals surface area contributed by atoms with E-state index in [-0.39, 0.29) is 11.9 Å². The third-order valence-corrected chi connectivity index (χ3v) is 5.27. The number of nitrogens with zero attached hydrogens (tertiary/aromatic N) is 3. The van der Waals surface area contributed by atoms with Crippen molar-refractivity contribution in [2.75, 3.05) is 11.9 Å². The van der Waals surface area contributed by atoms with E-state index in [0.29, 0.717) is 18.1 Å². The molecule has 0 atom stereocenters. The Morgan fingerprint density at radius 2 is 1.97 bits per heavy atom. The maximum absolute atomic E-state index is 13.2. The molecule has 0 saturated carbocycles. The van der Waals surface area contributed by atoms with E-state index in [4.69, 9.17) is 0 Å². The minimum Gasteiger partial charge on any atom is -0.370 e. The zero-order chi connectivity index (χ0) is 20.6. The van der Waals surface area contributed by atoms with Gasteiger partial charge in [-0.15, -0.1) is 0 Å².